The highest BCUT2D eigenvalue weighted by atomic mass is 16.5. The van der Waals surface area contributed by atoms with Crippen molar-refractivity contribution >= 4 is 17.4 Å². The molecule has 37 heavy (non-hydrogen) atoms. The lowest BCUT2D eigenvalue weighted by atomic mass is 9.98. The molecule has 6 nitrogen and oxygen atoms in total. The highest BCUT2D eigenvalue weighted by Gasteiger charge is 2.15. The van der Waals surface area contributed by atoms with Crippen molar-refractivity contribution in [3.05, 3.63) is 83.4 Å². The molecule has 0 saturated heterocycles. The van der Waals surface area contributed by atoms with Gasteiger partial charge in [0.15, 0.2) is 23.0 Å². The third-order valence-electron chi connectivity index (χ3n) is 5.82. The van der Waals surface area contributed by atoms with Gasteiger partial charge in [-0.25, -0.2) is 0 Å². The van der Waals surface area contributed by atoms with E-state index in [-0.39, 0.29) is 0 Å². The molecule has 0 atom stereocenters. The number of unbranched alkanes of at least 4 members (excludes halogenated alkanes) is 2. The Morgan fingerprint density at radius 1 is 0.838 bits per heavy atom. The maximum Gasteiger partial charge on any atom is 0.162 e. The van der Waals surface area contributed by atoms with Crippen LogP contribution in [-0.4, -0.2) is 33.6 Å². The van der Waals surface area contributed by atoms with Crippen LogP contribution in [0.2, 0.25) is 0 Å². The summed E-state index contributed by atoms with van der Waals surface area (Å²) in [6.07, 6.45) is 5.02. The molecule has 0 aliphatic rings. The predicted octanol–water partition coefficient (Wildman–Crippen LogP) is 6.99. The highest BCUT2D eigenvalue weighted by molar-refractivity contribution is 6.34. The van der Waals surface area contributed by atoms with Crippen molar-refractivity contribution in [2.75, 3.05) is 27.9 Å². The van der Waals surface area contributed by atoms with Gasteiger partial charge in [-0.15, -0.1) is 0 Å². The summed E-state index contributed by atoms with van der Waals surface area (Å²) in [5.41, 5.74) is 3.76. The summed E-state index contributed by atoms with van der Waals surface area (Å²) in [4.78, 5) is 4.65. The van der Waals surface area contributed by atoms with Gasteiger partial charge in [0.05, 0.1) is 21.3 Å². The second kappa shape index (κ2) is 14.4. The minimum Gasteiger partial charge on any atom is -0.493 e. The fraction of sp³-hybridized carbons (Fsp3) is 0.290. The van der Waals surface area contributed by atoms with Gasteiger partial charge < -0.3 is 18.9 Å². The van der Waals surface area contributed by atoms with Crippen LogP contribution in [0.3, 0.4) is 0 Å². The summed E-state index contributed by atoms with van der Waals surface area (Å²) in [5, 5.41) is 10.1. The topological polar surface area (TPSA) is 73.1 Å². The lowest BCUT2D eigenvalue weighted by Gasteiger charge is -2.14. The Bertz CT molecular complexity index is 1260. The van der Waals surface area contributed by atoms with Crippen molar-refractivity contribution in [3.63, 3.8) is 0 Å². The van der Waals surface area contributed by atoms with E-state index in [1.54, 1.807) is 21.3 Å². The molecular formula is C31H34N2O4. The number of nitriles is 1. The zero-order chi connectivity index (χ0) is 26.5. The Morgan fingerprint density at radius 2 is 1.54 bits per heavy atom. The molecule has 0 unspecified atom stereocenters. The van der Waals surface area contributed by atoms with E-state index in [2.05, 4.69) is 18.0 Å². The zero-order valence-electron chi connectivity index (χ0n) is 22.0. The molecule has 0 saturated carbocycles. The smallest absolute Gasteiger partial charge is 0.162 e. The summed E-state index contributed by atoms with van der Waals surface area (Å²) in [5.74, 6) is 2.44. The first kappa shape index (κ1) is 27.3. The van der Waals surface area contributed by atoms with Crippen LogP contribution in [0.1, 0.15) is 42.9 Å². The average molecular weight is 499 g/mol. The average Bonchev–Trinajstić information content (AvgIpc) is 2.95. The molecule has 0 spiro atoms. The molecule has 0 N–H and O–H groups in total. The van der Waals surface area contributed by atoms with Crippen LogP contribution in [0.25, 0.3) is 11.6 Å². The Kier molecular flexibility index (Phi) is 10.6. The number of ether oxygens (including phenoxy) is 4. The summed E-state index contributed by atoms with van der Waals surface area (Å²) < 4.78 is 22.5. The second-order valence-corrected chi connectivity index (χ2v) is 8.36. The number of hydrogen-bond donors (Lipinski definition) is 0. The molecule has 0 fully saturated rings. The molecule has 192 valence electrons. The first-order valence-corrected chi connectivity index (χ1v) is 12.4. The maximum atomic E-state index is 10.1. The standard InChI is InChI=1S/C31H34N2O4/c1-5-6-10-17-33-27(21-32)26(18-24-13-15-28(34-2)30(19-24)36-4)25-14-16-29(35-3)31(20-25)37-22-23-11-8-7-9-12-23/h7-9,11-16,18-20H,5-6,10,17,22H2,1-4H3/b26-18+,33-27+. The number of methoxy groups -OCH3 is 3. The van der Waals surface area contributed by atoms with E-state index in [4.69, 9.17) is 18.9 Å². The van der Waals surface area contributed by atoms with Gasteiger partial charge >= 0.3 is 0 Å². The Balaban J connectivity index is 2.06. The third kappa shape index (κ3) is 7.62. The Labute approximate surface area is 219 Å². The molecule has 3 rings (SSSR count). The number of nitrogens with zero attached hydrogens (tertiary/aromatic N) is 2. The van der Waals surface area contributed by atoms with Gasteiger partial charge in [0.2, 0.25) is 0 Å². The van der Waals surface area contributed by atoms with Crippen LogP contribution in [0.15, 0.2) is 71.7 Å². The molecule has 0 amide bonds. The highest BCUT2D eigenvalue weighted by Crippen LogP contribution is 2.34. The van der Waals surface area contributed by atoms with Crippen molar-refractivity contribution in [2.24, 2.45) is 4.99 Å². The van der Waals surface area contributed by atoms with Gasteiger partial charge in [-0.1, -0.05) is 62.2 Å². The fourth-order valence-electron chi connectivity index (χ4n) is 3.82. The predicted molar refractivity (Wildman–Crippen MR) is 149 cm³/mol. The van der Waals surface area contributed by atoms with Crippen molar-refractivity contribution in [1.82, 2.24) is 0 Å². The molecule has 0 aliphatic heterocycles. The molecule has 0 bridgehead atoms. The summed E-state index contributed by atoms with van der Waals surface area (Å²) in [6, 6.07) is 23.6. The number of hydrogen-bond acceptors (Lipinski definition) is 6. The SMILES string of the molecule is CCCCC/N=C(C#N)/C(=C/c1ccc(OC)c(OC)c1)c1ccc(OC)c(OCc2ccccc2)c1. The molecule has 3 aromatic carbocycles. The van der Waals surface area contributed by atoms with E-state index >= 15 is 0 Å². The zero-order valence-corrected chi connectivity index (χ0v) is 22.0. The lowest BCUT2D eigenvalue weighted by Crippen LogP contribution is -2.03. The first-order valence-electron chi connectivity index (χ1n) is 12.4. The number of benzene rings is 3. The summed E-state index contributed by atoms with van der Waals surface area (Å²) >= 11 is 0. The summed E-state index contributed by atoms with van der Waals surface area (Å²) in [6.45, 7) is 3.13. The maximum absolute atomic E-state index is 10.1. The van der Waals surface area contributed by atoms with Gasteiger partial charge in [0, 0.05) is 12.1 Å². The van der Waals surface area contributed by atoms with Crippen LogP contribution in [0.5, 0.6) is 23.0 Å². The molecule has 0 aromatic heterocycles. The minimum atomic E-state index is 0.366. The van der Waals surface area contributed by atoms with Crippen LogP contribution in [0, 0.1) is 11.3 Å². The molecular weight excluding hydrogens is 464 g/mol. The van der Waals surface area contributed by atoms with E-state index in [0.29, 0.717) is 47.4 Å². The molecule has 0 heterocycles. The Morgan fingerprint density at radius 3 is 2.22 bits per heavy atom. The molecule has 0 aliphatic carbocycles. The molecule has 3 aromatic rings. The van der Waals surface area contributed by atoms with Crippen molar-refractivity contribution in [3.8, 4) is 29.1 Å². The molecule has 6 heteroatoms. The van der Waals surface area contributed by atoms with Gasteiger partial charge in [-0.2, -0.15) is 5.26 Å². The van der Waals surface area contributed by atoms with Crippen LogP contribution in [-0.2, 0) is 6.61 Å². The van der Waals surface area contributed by atoms with Crippen LogP contribution >= 0.6 is 0 Å². The third-order valence-corrected chi connectivity index (χ3v) is 5.82. The van der Waals surface area contributed by atoms with E-state index in [0.717, 1.165) is 36.0 Å². The summed E-state index contributed by atoms with van der Waals surface area (Å²) in [7, 11) is 4.81. The molecule has 0 radical (unpaired) electrons. The van der Waals surface area contributed by atoms with E-state index in [9.17, 15) is 5.26 Å². The van der Waals surface area contributed by atoms with Gasteiger partial charge in [0.25, 0.3) is 0 Å². The normalized spacial score (nSPS) is 11.5. The van der Waals surface area contributed by atoms with Gasteiger partial charge in [-0.05, 0) is 53.5 Å². The first-order chi connectivity index (χ1) is 18.1. The van der Waals surface area contributed by atoms with Crippen molar-refractivity contribution in [1.29, 1.82) is 5.26 Å². The minimum absolute atomic E-state index is 0.366. The van der Waals surface area contributed by atoms with E-state index in [1.807, 2.05) is 72.8 Å². The fourth-order valence-corrected chi connectivity index (χ4v) is 3.82. The quantitative estimate of drug-likeness (QED) is 0.144. The largest absolute Gasteiger partial charge is 0.493 e. The lowest BCUT2D eigenvalue weighted by molar-refractivity contribution is 0.284. The number of aliphatic imine (C=N–C) groups is 1. The van der Waals surface area contributed by atoms with Crippen LogP contribution in [0.4, 0.5) is 0 Å². The van der Waals surface area contributed by atoms with E-state index in [1.165, 1.54) is 0 Å². The number of allylic oxidation sites excluding steroid dienone is 1. The van der Waals surface area contributed by atoms with Crippen LogP contribution < -0.4 is 18.9 Å². The van der Waals surface area contributed by atoms with Crippen molar-refractivity contribution < 1.29 is 18.9 Å². The monoisotopic (exact) mass is 498 g/mol. The van der Waals surface area contributed by atoms with Crippen molar-refractivity contribution in [2.45, 2.75) is 32.8 Å². The van der Waals surface area contributed by atoms with Gasteiger partial charge in [-0.3, -0.25) is 4.99 Å². The second-order valence-electron chi connectivity index (χ2n) is 8.36. The van der Waals surface area contributed by atoms with Gasteiger partial charge in [0.1, 0.15) is 18.4 Å². The number of rotatable bonds is 13. The van der Waals surface area contributed by atoms with E-state index < -0.39 is 0 Å². The Hall–Kier alpha value is -4.24.